The third kappa shape index (κ3) is 3.02. The molecule has 0 radical (unpaired) electrons. The molecule has 0 aromatic heterocycles. The second-order valence-corrected chi connectivity index (χ2v) is 12.1. The lowest BCUT2D eigenvalue weighted by molar-refractivity contribution is -0.156. The number of rotatable bonds is 4. The Hall–Kier alpha value is -1.21. The first-order valence-electron chi connectivity index (χ1n) is 10.4. The van der Waals surface area contributed by atoms with E-state index >= 15 is 0 Å². The Bertz CT molecular complexity index is 920. The summed E-state index contributed by atoms with van der Waals surface area (Å²) in [5.74, 6) is -0.0308. The van der Waals surface area contributed by atoms with Gasteiger partial charge in [0.2, 0.25) is 0 Å². The molecule has 1 unspecified atom stereocenters. The third-order valence-corrected chi connectivity index (χ3v) is 10.1. The Morgan fingerprint density at radius 2 is 1.97 bits per heavy atom. The molecule has 1 aromatic carbocycles. The van der Waals surface area contributed by atoms with E-state index in [1.807, 2.05) is 36.4 Å². The van der Waals surface area contributed by atoms with E-state index < -0.39 is 21.6 Å². The van der Waals surface area contributed by atoms with Gasteiger partial charge >= 0.3 is 0 Å². The summed E-state index contributed by atoms with van der Waals surface area (Å²) in [5.41, 5.74) is -1.53. The number of aliphatic hydroxyl groups is 1. The van der Waals surface area contributed by atoms with Crippen LogP contribution in [-0.2, 0) is 19.2 Å². The fourth-order valence-electron chi connectivity index (χ4n) is 6.29. The number of allylic oxidation sites excluding steroid dienone is 1. The molecule has 29 heavy (non-hydrogen) atoms. The largest absolute Gasteiger partial charge is 0.384 e. The van der Waals surface area contributed by atoms with Gasteiger partial charge < -0.3 is 14.6 Å². The molecule has 1 N–H and O–H groups in total. The molecule has 160 valence electrons. The minimum Gasteiger partial charge on any atom is -0.384 e. The van der Waals surface area contributed by atoms with Crippen molar-refractivity contribution < 1.29 is 18.8 Å². The van der Waals surface area contributed by atoms with Crippen LogP contribution in [0.2, 0.25) is 0 Å². The van der Waals surface area contributed by atoms with Crippen LogP contribution in [0.1, 0.15) is 33.6 Å². The molecule has 2 aliphatic carbocycles. The molecule has 3 aliphatic rings. The standard InChI is InChI=1S/C23H33NO4S/c1-21(2)13-12-18-22(3)17(21)11-14-23(25,19(22)20(27-5)28-18)15-29(26,24-4)16-9-7-6-8-10-16/h6-11,14,17-20,25H,12-13,15H2,1-5H3/t17-,18-,19-,20+,22+,23-,29?/m1/s1. The first-order valence-corrected chi connectivity index (χ1v) is 12.1. The quantitative estimate of drug-likeness (QED) is 0.752. The van der Waals surface area contributed by atoms with Gasteiger partial charge in [0.1, 0.15) is 5.60 Å². The molecule has 0 bridgehead atoms. The zero-order chi connectivity index (χ0) is 21.1. The molecule has 1 saturated carbocycles. The highest BCUT2D eigenvalue weighted by Crippen LogP contribution is 2.65. The Balaban J connectivity index is 1.83. The Morgan fingerprint density at radius 3 is 2.59 bits per heavy atom. The highest BCUT2D eigenvalue weighted by molar-refractivity contribution is 7.93. The SMILES string of the molecule is CN=S(=O)(C[C@]1(O)C=C[C@@H]2C(C)(C)CC[C@H]3O[C@H](OC)[C@@H]1[C@@]23C)c1ccccc1. The van der Waals surface area contributed by atoms with Crippen molar-refractivity contribution in [2.24, 2.45) is 27.0 Å². The molecular formula is C23H33NO4S. The van der Waals surface area contributed by atoms with Crippen molar-refractivity contribution in [3.05, 3.63) is 42.5 Å². The van der Waals surface area contributed by atoms with Crippen molar-refractivity contribution in [1.82, 2.24) is 0 Å². The van der Waals surface area contributed by atoms with Gasteiger partial charge in [-0.1, -0.05) is 51.1 Å². The molecule has 6 heteroatoms. The van der Waals surface area contributed by atoms with Crippen LogP contribution >= 0.6 is 0 Å². The fourth-order valence-corrected chi connectivity index (χ4v) is 8.28. The maximum absolute atomic E-state index is 13.8. The minimum atomic E-state index is -2.80. The topological polar surface area (TPSA) is 68.1 Å². The van der Waals surface area contributed by atoms with E-state index in [-0.39, 0.29) is 34.5 Å². The molecule has 1 saturated heterocycles. The summed E-state index contributed by atoms with van der Waals surface area (Å²) in [6, 6.07) is 9.24. The molecule has 0 amide bonds. The van der Waals surface area contributed by atoms with Crippen LogP contribution in [0.15, 0.2) is 51.7 Å². The van der Waals surface area contributed by atoms with E-state index in [0.717, 1.165) is 12.8 Å². The van der Waals surface area contributed by atoms with Gasteiger partial charge in [0.05, 0.1) is 27.5 Å². The zero-order valence-electron chi connectivity index (χ0n) is 18.0. The normalized spacial score (nSPS) is 42.1. The highest BCUT2D eigenvalue weighted by Gasteiger charge is 2.68. The monoisotopic (exact) mass is 419 g/mol. The summed E-state index contributed by atoms with van der Waals surface area (Å²) in [5, 5.41) is 12.0. The lowest BCUT2D eigenvalue weighted by Gasteiger charge is -2.57. The smallest absolute Gasteiger partial charge is 0.164 e. The zero-order valence-corrected chi connectivity index (χ0v) is 18.8. The van der Waals surface area contributed by atoms with E-state index in [2.05, 4.69) is 31.2 Å². The van der Waals surface area contributed by atoms with Gasteiger partial charge in [-0.25, -0.2) is 8.57 Å². The maximum atomic E-state index is 13.8. The molecule has 5 nitrogen and oxygen atoms in total. The third-order valence-electron chi connectivity index (χ3n) is 7.68. The van der Waals surface area contributed by atoms with Crippen molar-refractivity contribution in [3.63, 3.8) is 0 Å². The van der Waals surface area contributed by atoms with Gasteiger partial charge in [0, 0.05) is 24.5 Å². The number of methoxy groups -OCH3 is 1. The Kier molecular flexibility index (Phi) is 5.01. The first kappa shape index (κ1) is 21.0. The maximum Gasteiger partial charge on any atom is 0.164 e. The van der Waals surface area contributed by atoms with Crippen molar-refractivity contribution in [1.29, 1.82) is 0 Å². The molecule has 1 heterocycles. The lowest BCUT2D eigenvalue weighted by atomic mass is 9.48. The lowest BCUT2D eigenvalue weighted by Crippen LogP contribution is -2.61. The number of ether oxygens (including phenoxy) is 2. The summed E-state index contributed by atoms with van der Waals surface area (Å²) < 4.78 is 30.2. The molecule has 4 rings (SSSR count). The number of benzene rings is 1. The van der Waals surface area contributed by atoms with Crippen LogP contribution in [-0.4, -0.2) is 47.2 Å². The molecule has 1 aromatic rings. The van der Waals surface area contributed by atoms with Crippen molar-refractivity contribution >= 4 is 9.73 Å². The van der Waals surface area contributed by atoms with Gasteiger partial charge in [-0.3, -0.25) is 0 Å². The highest BCUT2D eigenvalue weighted by atomic mass is 32.2. The van der Waals surface area contributed by atoms with Crippen LogP contribution in [0.4, 0.5) is 0 Å². The number of hydrogen-bond donors (Lipinski definition) is 1. The van der Waals surface area contributed by atoms with Gasteiger partial charge in [-0.05, 0) is 36.3 Å². The molecule has 1 aliphatic heterocycles. The average molecular weight is 420 g/mol. The predicted octanol–water partition coefficient (Wildman–Crippen LogP) is 3.87. The van der Waals surface area contributed by atoms with Gasteiger partial charge in [0.25, 0.3) is 0 Å². The number of nitrogens with zero attached hydrogens (tertiary/aromatic N) is 1. The Labute approximate surface area is 174 Å². The van der Waals surface area contributed by atoms with E-state index in [1.165, 1.54) is 0 Å². The predicted molar refractivity (Wildman–Crippen MR) is 114 cm³/mol. The molecule has 0 spiro atoms. The van der Waals surface area contributed by atoms with Gasteiger partial charge in [0.15, 0.2) is 6.29 Å². The van der Waals surface area contributed by atoms with E-state index in [1.54, 1.807) is 14.2 Å². The van der Waals surface area contributed by atoms with Crippen LogP contribution < -0.4 is 0 Å². The first-order chi connectivity index (χ1) is 13.6. The Morgan fingerprint density at radius 1 is 1.28 bits per heavy atom. The van der Waals surface area contributed by atoms with Crippen molar-refractivity contribution in [2.45, 2.75) is 56.5 Å². The molecular weight excluding hydrogens is 386 g/mol. The minimum absolute atomic E-state index is 0.0123. The van der Waals surface area contributed by atoms with Crippen LogP contribution in [0.3, 0.4) is 0 Å². The second kappa shape index (κ2) is 6.91. The average Bonchev–Trinajstić information content (AvgIpc) is 3.00. The van der Waals surface area contributed by atoms with E-state index in [9.17, 15) is 9.32 Å². The van der Waals surface area contributed by atoms with Gasteiger partial charge in [-0.2, -0.15) is 0 Å². The molecule has 7 atom stereocenters. The molecule has 2 fully saturated rings. The summed E-state index contributed by atoms with van der Waals surface area (Å²) in [4.78, 5) is 0.644. The van der Waals surface area contributed by atoms with Crippen LogP contribution in [0.25, 0.3) is 0 Å². The van der Waals surface area contributed by atoms with Crippen LogP contribution in [0.5, 0.6) is 0 Å². The van der Waals surface area contributed by atoms with E-state index in [0.29, 0.717) is 4.90 Å². The van der Waals surface area contributed by atoms with Crippen molar-refractivity contribution in [2.75, 3.05) is 19.9 Å². The summed E-state index contributed by atoms with van der Waals surface area (Å²) in [6.07, 6.45) is 5.49. The summed E-state index contributed by atoms with van der Waals surface area (Å²) in [6.45, 7) is 6.80. The van der Waals surface area contributed by atoms with Crippen LogP contribution in [0, 0.1) is 22.7 Å². The second-order valence-electron chi connectivity index (χ2n) is 9.71. The summed E-state index contributed by atoms with van der Waals surface area (Å²) in [7, 11) is 0.398. The van der Waals surface area contributed by atoms with Crippen molar-refractivity contribution in [3.8, 4) is 0 Å². The number of hydrogen-bond acceptors (Lipinski definition) is 5. The van der Waals surface area contributed by atoms with Gasteiger partial charge in [-0.15, -0.1) is 0 Å². The fraction of sp³-hybridized carbons (Fsp3) is 0.652. The summed E-state index contributed by atoms with van der Waals surface area (Å²) >= 11 is 0. The van der Waals surface area contributed by atoms with E-state index in [4.69, 9.17) is 9.47 Å².